The minimum absolute atomic E-state index is 0.282. The highest BCUT2D eigenvalue weighted by Gasteiger charge is 2.36. The van der Waals surface area contributed by atoms with Crippen LogP contribution in [0.4, 0.5) is 0 Å². The molecular weight excluding hydrogens is 202 g/mol. The second kappa shape index (κ2) is 6.33. The highest BCUT2D eigenvalue weighted by Crippen LogP contribution is 1.96. The SMILES string of the molecule is CCCCNC(O)(NC(=O)CN)C(=O)O. The summed E-state index contributed by atoms with van der Waals surface area (Å²) in [6, 6.07) is 0. The van der Waals surface area contributed by atoms with Gasteiger partial charge in [-0.3, -0.25) is 10.1 Å². The molecule has 6 N–H and O–H groups in total. The van der Waals surface area contributed by atoms with Crippen molar-refractivity contribution >= 4 is 11.9 Å². The highest BCUT2D eigenvalue weighted by molar-refractivity contribution is 5.85. The Morgan fingerprint density at radius 1 is 1.47 bits per heavy atom. The van der Waals surface area contributed by atoms with Crippen LogP contribution in [-0.2, 0) is 9.59 Å². The van der Waals surface area contributed by atoms with Gasteiger partial charge in [-0.05, 0) is 6.42 Å². The van der Waals surface area contributed by atoms with E-state index in [2.05, 4.69) is 5.32 Å². The zero-order valence-electron chi connectivity index (χ0n) is 8.62. The van der Waals surface area contributed by atoms with Crippen molar-refractivity contribution in [2.24, 2.45) is 5.73 Å². The molecule has 1 unspecified atom stereocenters. The summed E-state index contributed by atoms with van der Waals surface area (Å²) < 4.78 is 0. The van der Waals surface area contributed by atoms with Crippen LogP contribution in [0, 0.1) is 0 Å². The van der Waals surface area contributed by atoms with E-state index >= 15 is 0 Å². The molecule has 1 atom stereocenters. The second-order valence-corrected chi connectivity index (χ2v) is 3.05. The van der Waals surface area contributed by atoms with Crippen LogP contribution >= 0.6 is 0 Å². The summed E-state index contributed by atoms with van der Waals surface area (Å²) >= 11 is 0. The first-order valence-corrected chi connectivity index (χ1v) is 4.68. The number of nitrogens with one attached hydrogen (secondary N) is 2. The average molecular weight is 219 g/mol. The van der Waals surface area contributed by atoms with Crippen molar-refractivity contribution in [2.75, 3.05) is 13.1 Å². The summed E-state index contributed by atoms with van der Waals surface area (Å²) in [5.41, 5.74) is 4.99. The summed E-state index contributed by atoms with van der Waals surface area (Å²) in [6.45, 7) is 1.81. The van der Waals surface area contributed by atoms with Gasteiger partial charge >= 0.3 is 5.97 Å². The molecule has 0 radical (unpaired) electrons. The molecule has 15 heavy (non-hydrogen) atoms. The molecule has 0 aliphatic heterocycles. The zero-order chi connectivity index (χ0) is 11.9. The third kappa shape index (κ3) is 4.73. The maximum Gasteiger partial charge on any atom is 0.374 e. The Bertz CT molecular complexity index is 234. The summed E-state index contributed by atoms with van der Waals surface area (Å²) in [5, 5.41) is 22.4. The Morgan fingerprint density at radius 3 is 2.47 bits per heavy atom. The Balaban J connectivity index is 4.32. The monoisotopic (exact) mass is 219 g/mol. The van der Waals surface area contributed by atoms with Crippen LogP contribution in [0.5, 0.6) is 0 Å². The Labute approximate surface area is 87.6 Å². The number of carbonyl (C=O) groups is 2. The van der Waals surface area contributed by atoms with Gasteiger partial charge in [0, 0.05) is 6.54 Å². The number of rotatable bonds is 7. The van der Waals surface area contributed by atoms with E-state index in [4.69, 9.17) is 10.8 Å². The molecule has 88 valence electrons. The van der Waals surface area contributed by atoms with E-state index < -0.39 is 17.7 Å². The topological polar surface area (TPSA) is 125 Å². The number of hydrogen-bond acceptors (Lipinski definition) is 5. The average Bonchev–Trinajstić information content (AvgIpc) is 2.17. The lowest BCUT2D eigenvalue weighted by Gasteiger charge is -2.25. The Kier molecular flexibility index (Phi) is 5.83. The van der Waals surface area contributed by atoms with E-state index in [-0.39, 0.29) is 13.1 Å². The second-order valence-electron chi connectivity index (χ2n) is 3.05. The molecule has 0 aromatic heterocycles. The third-order valence-corrected chi connectivity index (χ3v) is 1.73. The van der Waals surface area contributed by atoms with Gasteiger partial charge in [-0.25, -0.2) is 4.79 Å². The van der Waals surface area contributed by atoms with E-state index in [0.717, 1.165) is 6.42 Å². The van der Waals surface area contributed by atoms with Gasteiger partial charge in [0.2, 0.25) is 5.91 Å². The number of aliphatic carboxylic acids is 1. The van der Waals surface area contributed by atoms with Gasteiger partial charge < -0.3 is 21.3 Å². The van der Waals surface area contributed by atoms with E-state index in [9.17, 15) is 14.7 Å². The van der Waals surface area contributed by atoms with Gasteiger partial charge in [-0.2, -0.15) is 0 Å². The van der Waals surface area contributed by atoms with Crippen LogP contribution in [0.15, 0.2) is 0 Å². The summed E-state index contributed by atoms with van der Waals surface area (Å²) in [7, 11) is 0. The number of carbonyl (C=O) groups excluding carboxylic acids is 1. The molecule has 0 saturated carbocycles. The largest absolute Gasteiger partial charge is 0.477 e. The van der Waals surface area contributed by atoms with Crippen LogP contribution in [0.25, 0.3) is 0 Å². The first-order valence-electron chi connectivity index (χ1n) is 4.68. The van der Waals surface area contributed by atoms with Crippen molar-refractivity contribution in [1.29, 1.82) is 0 Å². The first-order chi connectivity index (χ1) is 6.96. The van der Waals surface area contributed by atoms with Crippen molar-refractivity contribution in [3.05, 3.63) is 0 Å². The van der Waals surface area contributed by atoms with Gasteiger partial charge in [-0.1, -0.05) is 13.3 Å². The normalized spacial score (nSPS) is 14.3. The molecule has 7 heteroatoms. The number of nitrogens with two attached hydrogens (primary N) is 1. The molecule has 0 fully saturated rings. The molecule has 0 heterocycles. The lowest BCUT2D eigenvalue weighted by Crippen LogP contribution is -2.65. The maximum atomic E-state index is 10.9. The number of amides is 1. The van der Waals surface area contributed by atoms with Gasteiger partial charge in [0.25, 0.3) is 5.85 Å². The van der Waals surface area contributed by atoms with Gasteiger partial charge in [0.15, 0.2) is 0 Å². The zero-order valence-corrected chi connectivity index (χ0v) is 8.62. The van der Waals surface area contributed by atoms with Crippen LogP contribution in [0.3, 0.4) is 0 Å². The molecule has 7 nitrogen and oxygen atoms in total. The number of carboxylic acids is 1. The minimum Gasteiger partial charge on any atom is -0.477 e. The van der Waals surface area contributed by atoms with Gasteiger partial charge in [0.05, 0.1) is 6.54 Å². The van der Waals surface area contributed by atoms with Crippen molar-refractivity contribution < 1.29 is 19.8 Å². The minimum atomic E-state index is -2.44. The maximum absolute atomic E-state index is 10.9. The Morgan fingerprint density at radius 2 is 2.07 bits per heavy atom. The van der Waals surface area contributed by atoms with Gasteiger partial charge in [-0.15, -0.1) is 0 Å². The number of unbranched alkanes of at least 4 members (excludes halogenated alkanes) is 1. The molecule has 0 spiro atoms. The number of hydrogen-bond donors (Lipinski definition) is 5. The van der Waals surface area contributed by atoms with Crippen molar-refractivity contribution in [3.8, 4) is 0 Å². The molecule has 0 aliphatic rings. The molecule has 0 rings (SSSR count). The molecule has 1 amide bonds. The molecular formula is C8H17N3O4. The smallest absolute Gasteiger partial charge is 0.374 e. The molecule has 0 saturated heterocycles. The van der Waals surface area contributed by atoms with E-state index in [1.165, 1.54) is 0 Å². The van der Waals surface area contributed by atoms with E-state index in [1.807, 2.05) is 12.2 Å². The van der Waals surface area contributed by atoms with Crippen molar-refractivity contribution in [3.63, 3.8) is 0 Å². The summed E-state index contributed by atoms with van der Waals surface area (Å²) in [4.78, 5) is 21.6. The van der Waals surface area contributed by atoms with Crippen LogP contribution in [0.2, 0.25) is 0 Å². The Hall–Kier alpha value is -1.18. The van der Waals surface area contributed by atoms with Crippen molar-refractivity contribution in [2.45, 2.75) is 25.6 Å². The number of carboxylic acid groups (broad SMARTS) is 1. The number of aliphatic hydroxyl groups is 1. The molecule has 0 bridgehead atoms. The predicted molar refractivity (Wildman–Crippen MR) is 52.7 cm³/mol. The third-order valence-electron chi connectivity index (χ3n) is 1.73. The summed E-state index contributed by atoms with van der Waals surface area (Å²) in [5.74, 6) is -4.75. The predicted octanol–water partition coefficient (Wildman–Crippen LogP) is -1.82. The van der Waals surface area contributed by atoms with E-state index in [1.54, 1.807) is 0 Å². The standard InChI is InChI=1S/C8H17N3O4/c1-2-3-4-10-8(15,7(13)14)11-6(12)5-9/h10,15H,2-5,9H2,1H3,(H,11,12)(H,13,14). The lowest BCUT2D eigenvalue weighted by atomic mass is 10.3. The van der Waals surface area contributed by atoms with E-state index in [0.29, 0.717) is 6.42 Å². The van der Waals surface area contributed by atoms with Crippen LogP contribution < -0.4 is 16.4 Å². The first kappa shape index (κ1) is 13.8. The van der Waals surface area contributed by atoms with Crippen LogP contribution in [0.1, 0.15) is 19.8 Å². The quantitative estimate of drug-likeness (QED) is 0.254. The van der Waals surface area contributed by atoms with Crippen LogP contribution in [-0.4, -0.2) is 41.0 Å². The lowest BCUT2D eigenvalue weighted by molar-refractivity contribution is -0.169. The van der Waals surface area contributed by atoms with Crippen molar-refractivity contribution in [1.82, 2.24) is 10.6 Å². The van der Waals surface area contributed by atoms with Gasteiger partial charge in [0.1, 0.15) is 0 Å². The highest BCUT2D eigenvalue weighted by atomic mass is 16.4. The fourth-order valence-corrected chi connectivity index (χ4v) is 0.872. The fourth-order valence-electron chi connectivity index (χ4n) is 0.872. The molecule has 0 aromatic rings. The molecule has 0 aliphatic carbocycles. The molecule has 0 aromatic carbocycles. The fraction of sp³-hybridized carbons (Fsp3) is 0.750. The summed E-state index contributed by atoms with van der Waals surface area (Å²) in [6.07, 6.45) is 1.53.